The molecule has 0 spiro atoms. The fourth-order valence-electron chi connectivity index (χ4n) is 3.11. The Hall–Kier alpha value is -3.24. The van der Waals surface area contributed by atoms with Gasteiger partial charge < -0.3 is 10.1 Å². The van der Waals surface area contributed by atoms with Gasteiger partial charge in [-0.15, -0.1) is 0 Å². The maximum Gasteiger partial charge on any atom is 0.276 e. The predicted molar refractivity (Wildman–Crippen MR) is 118 cm³/mol. The third kappa shape index (κ3) is 4.30. The summed E-state index contributed by atoms with van der Waals surface area (Å²) in [5.41, 5.74) is 0.0691. The second kappa shape index (κ2) is 8.86. The third-order valence-electron chi connectivity index (χ3n) is 4.70. The van der Waals surface area contributed by atoms with Crippen molar-refractivity contribution >= 4 is 32.4 Å². The minimum atomic E-state index is -3.80. The number of nitrogens with one attached hydrogen (secondary N) is 1. The molecule has 0 aliphatic carbocycles. The number of ether oxygens (including phenoxy) is 1. The minimum Gasteiger partial charge on any atom is -0.495 e. The first-order chi connectivity index (χ1) is 14.7. The van der Waals surface area contributed by atoms with Crippen LogP contribution in [0.15, 0.2) is 52.2 Å². The number of aryl methyl sites for hydroxylation is 1. The van der Waals surface area contributed by atoms with Crippen molar-refractivity contribution in [2.24, 2.45) is 0 Å². The number of hydrogen-bond acceptors (Lipinski definition) is 6. The number of fused-ring (bicyclic) bond motifs is 1. The van der Waals surface area contributed by atoms with Crippen LogP contribution in [0.2, 0.25) is 0 Å². The van der Waals surface area contributed by atoms with Gasteiger partial charge >= 0.3 is 0 Å². The van der Waals surface area contributed by atoms with Crippen molar-refractivity contribution in [3.63, 3.8) is 0 Å². The first-order valence-electron chi connectivity index (χ1n) is 9.62. The largest absolute Gasteiger partial charge is 0.495 e. The number of nitrogens with zero attached hydrogens (tertiary/aromatic N) is 3. The molecule has 0 saturated heterocycles. The molecule has 0 fully saturated rings. The summed E-state index contributed by atoms with van der Waals surface area (Å²) in [5.74, 6) is -0.397. The van der Waals surface area contributed by atoms with E-state index in [0.29, 0.717) is 23.7 Å². The molecule has 0 bridgehead atoms. The zero-order valence-corrected chi connectivity index (χ0v) is 18.6. The van der Waals surface area contributed by atoms with E-state index in [9.17, 15) is 18.0 Å². The van der Waals surface area contributed by atoms with Crippen LogP contribution in [-0.4, -0.2) is 49.6 Å². The van der Waals surface area contributed by atoms with Crippen LogP contribution >= 0.6 is 0 Å². The number of amides is 1. The lowest BCUT2D eigenvalue weighted by Crippen LogP contribution is -2.27. The van der Waals surface area contributed by atoms with E-state index in [1.54, 1.807) is 24.3 Å². The Bertz CT molecular complexity index is 1300. The van der Waals surface area contributed by atoms with Gasteiger partial charge in [0, 0.05) is 31.7 Å². The second-order valence-electron chi connectivity index (χ2n) is 7.03. The lowest BCUT2D eigenvalue weighted by molar-refractivity contribution is 0.102. The van der Waals surface area contributed by atoms with Crippen LogP contribution in [0.5, 0.6) is 5.75 Å². The number of sulfonamides is 1. The molecule has 0 aliphatic heterocycles. The highest BCUT2D eigenvalue weighted by atomic mass is 32.2. The summed E-state index contributed by atoms with van der Waals surface area (Å²) in [4.78, 5) is 25.6. The van der Waals surface area contributed by atoms with Crippen LogP contribution in [0.25, 0.3) is 10.8 Å². The van der Waals surface area contributed by atoms with Gasteiger partial charge in [-0.3, -0.25) is 9.59 Å². The summed E-state index contributed by atoms with van der Waals surface area (Å²) in [5, 5.41) is 7.76. The molecule has 0 saturated carbocycles. The average molecular weight is 445 g/mol. The number of benzene rings is 2. The monoisotopic (exact) mass is 444 g/mol. The van der Waals surface area contributed by atoms with Gasteiger partial charge in [0.2, 0.25) is 10.0 Å². The molecule has 2 aromatic carbocycles. The van der Waals surface area contributed by atoms with Crippen LogP contribution in [0.4, 0.5) is 5.69 Å². The van der Waals surface area contributed by atoms with E-state index < -0.39 is 15.9 Å². The van der Waals surface area contributed by atoms with Gasteiger partial charge in [-0.2, -0.15) is 5.10 Å². The number of carbonyl (C=O) groups excluding carboxylic acids is 1. The summed E-state index contributed by atoms with van der Waals surface area (Å²) < 4.78 is 32.8. The number of anilines is 1. The van der Waals surface area contributed by atoms with Crippen LogP contribution in [0.1, 0.15) is 23.8 Å². The highest BCUT2D eigenvalue weighted by molar-refractivity contribution is 7.89. The van der Waals surface area contributed by atoms with E-state index in [4.69, 9.17) is 4.74 Å². The van der Waals surface area contributed by atoms with E-state index in [1.165, 1.54) is 44.1 Å². The van der Waals surface area contributed by atoms with Crippen molar-refractivity contribution in [3.8, 4) is 5.75 Å². The Balaban J connectivity index is 2.07. The molecular formula is C21H24N4O5S. The maximum atomic E-state index is 13.1. The highest BCUT2D eigenvalue weighted by Crippen LogP contribution is 2.29. The van der Waals surface area contributed by atoms with Gasteiger partial charge in [0.15, 0.2) is 5.69 Å². The van der Waals surface area contributed by atoms with Gasteiger partial charge in [-0.25, -0.2) is 17.4 Å². The number of methoxy groups -OCH3 is 1. The average Bonchev–Trinajstić information content (AvgIpc) is 2.75. The summed E-state index contributed by atoms with van der Waals surface area (Å²) in [7, 11) is 0.389. The summed E-state index contributed by atoms with van der Waals surface area (Å²) in [6.45, 7) is 2.28. The molecule has 0 atom stereocenters. The van der Waals surface area contributed by atoms with Gasteiger partial charge in [-0.05, 0) is 30.7 Å². The molecule has 9 nitrogen and oxygen atoms in total. The Labute approximate surface area is 180 Å². The molecule has 164 valence electrons. The van der Waals surface area contributed by atoms with Gasteiger partial charge in [0.25, 0.3) is 11.5 Å². The molecule has 0 unspecified atom stereocenters. The summed E-state index contributed by atoms with van der Waals surface area (Å²) in [6.07, 6.45) is 0.677. The van der Waals surface area contributed by atoms with Gasteiger partial charge in [0.1, 0.15) is 10.6 Å². The number of hydrogen-bond donors (Lipinski definition) is 1. The van der Waals surface area contributed by atoms with Crippen LogP contribution in [0.3, 0.4) is 0 Å². The summed E-state index contributed by atoms with van der Waals surface area (Å²) >= 11 is 0. The maximum absolute atomic E-state index is 13.1. The fraction of sp³-hybridized carbons (Fsp3) is 0.286. The van der Waals surface area contributed by atoms with Crippen molar-refractivity contribution in [1.29, 1.82) is 0 Å². The topological polar surface area (TPSA) is 111 Å². The van der Waals surface area contributed by atoms with E-state index in [2.05, 4.69) is 10.4 Å². The standard InChI is InChI=1S/C21H24N4O5S/c1-5-12-25-21(27)16-9-7-6-8-15(16)19(23-25)20(26)22-14-10-11-17(30-4)18(13-14)31(28,29)24(2)3/h6-11,13H,5,12H2,1-4H3,(H,22,26). The molecule has 1 amide bonds. The molecule has 10 heteroatoms. The van der Waals surface area contributed by atoms with E-state index in [-0.39, 0.29) is 27.6 Å². The van der Waals surface area contributed by atoms with Gasteiger partial charge in [0.05, 0.1) is 12.5 Å². The number of aromatic nitrogens is 2. The molecule has 3 rings (SSSR count). The minimum absolute atomic E-state index is 0.0772. The highest BCUT2D eigenvalue weighted by Gasteiger charge is 2.24. The molecule has 3 aromatic rings. The van der Waals surface area contributed by atoms with Crippen molar-refractivity contribution < 1.29 is 17.9 Å². The molecule has 1 heterocycles. The van der Waals surface area contributed by atoms with Crippen LogP contribution < -0.4 is 15.6 Å². The third-order valence-corrected chi connectivity index (χ3v) is 6.53. The molecule has 0 aliphatic rings. The lowest BCUT2D eigenvalue weighted by Gasteiger charge is -2.16. The summed E-state index contributed by atoms with van der Waals surface area (Å²) in [6, 6.07) is 11.1. The van der Waals surface area contributed by atoms with Crippen LogP contribution in [-0.2, 0) is 16.6 Å². The van der Waals surface area contributed by atoms with Crippen molar-refractivity contribution in [2.45, 2.75) is 24.8 Å². The van der Waals surface area contributed by atoms with Gasteiger partial charge in [-0.1, -0.05) is 25.1 Å². The first kappa shape index (κ1) is 22.4. The SMILES string of the molecule is CCCn1nc(C(=O)Nc2ccc(OC)c(S(=O)(=O)N(C)C)c2)c2ccccc2c1=O. The quantitative estimate of drug-likeness (QED) is 0.599. The molecule has 1 aromatic heterocycles. The zero-order chi connectivity index (χ0) is 22.8. The number of rotatable bonds is 7. The molecule has 0 radical (unpaired) electrons. The Kier molecular flexibility index (Phi) is 6.42. The Morgan fingerprint density at radius 2 is 1.84 bits per heavy atom. The molecule has 1 N–H and O–H groups in total. The Morgan fingerprint density at radius 3 is 2.45 bits per heavy atom. The molecular weight excluding hydrogens is 420 g/mol. The van der Waals surface area contributed by atoms with Crippen LogP contribution in [0, 0.1) is 0 Å². The van der Waals surface area contributed by atoms with Crippen molar-refractivity contribution in [3.05, 3.63) is 58.5 Å². The predicted octanol–water partition coefficient (Wildman–Crippen LogP) is 2.32. The smallest absolute Gasteiger partial charge is 0.276 e. The lowest BCUT2D eigenvalue weighted by atomic mass is 10.1. The van der Waals surface area contributed by atoms with Crippen molar-refractivity contribution in [2.75, 3.05) is 26.5 Å². The first-order valence-corrected chi connectivity index (χ1v) is 11.1. The second-order valence-corrected chi connectivity index (χ2v) is 9.15. The zero-order valence-electron chi connectivity index (χ0n) is 17.7. The Morgan fingerprint density at radius 1 is 1.16 bits per heavy atom. The normalized spacial score (nSPS) is 11.6. The van der Waals surface area contributed by atoms with E-state index in [1.807, 2.05) is 6.92 Å². The van der Waals surface area contributed by atoms with Crippen molar-refractivity contribution in [1.82, 2.24) is 14.1 Å². The fourth-order valence-corrected chi connectivity index (χ4v) is 4.18. The number of carbonyl (C=O) groups is 1. The van der Waals surface area contributed by atoms with E-state index in [0.717, 1.165) is 4.31 Å². The molecule has 31 heavy (non-hydrogen) atoms. The van der Waals surface area contributed by atoms with E-state index >= 15 is 0 Å².